The van der Waals surface area contributed by atoms with Gasteiger partial charge in [0.15, 0.2) is 0 Å². The quantitative estimate of drug-likeness (QED) is 0.490. The molecule has 0 bridgehead atoms. The molecule has 3 heteroatoms. The van der Waals surface area contributed by atoms with Crippen LogP contribution in [-0.2, 0) is 6.42 Å². The van der Waals surface area contributed by atoms with E-state index in [0.29, 0.717) is 5.69 Å². The van der Waals surface area contributed by atoms with Gasteiger partial charge in [-0.25, -0.2) is 4.98 Å². The molecule has 1 amide bonds. The Morgan fingerprint density at radius 1 is 0.808 bits per heavy atom. The second-order valence-corrected chi connectivity index (χ2v) is 6.55. The fourth-order valence-corrected chi connectivity index (χ4v) is 3.61. The van der Waals surface area contributed by atoms with Gasteiger partial charge in [-0.2, -0.15) is 0 Å². The van der Waals surface area contributed by atoms with Gasteiger partial charge in [-0.3, -0.25) is 4.79 Å². The van der Waals surface area contributed by atoms with Gasteiger partial charge >= 0.3 is 0 Å². The van der Waals surface area contributed by atoms with Crippen molar-refractivity contribution in [3.63, 3.8) is 0 Å². The molecule has 4 aromatic rings. The van der Waals surface area contributed by atoms with E-state index in [-0.39, 0.29) is 5.91 Å². The van der Waals surface area contributed by atoms with Gasteiger partial charge in [0, 0.05) is 11.1 Å². The van der Waals surface area contributed by atoms with Crippen LogP contribution in [0.2, 0.25) is 0 Å². The first kappa shape index (κ1) is 14.8. The lowest BCUT2D eigenvalue weighted by Gasteiger charge is -2.08. The van der Waals surface area contributed by atoms with Crippen molar-refractivity contribution in [2.45, 2.75) is 6.42 Å². The van der Waals surface area contributed by atoms with Crippen molar-refractivity contribution in [2.75, 3.05) is 5.32 Å². The van der Waals surface area contributed by atoms with Gasteiger partial charge in [-0.05, 0) is 52.9 Å². The first-order valence-electron chi connectivity index (χ1n) is 8.66. The lowest BCUT2D eigenvalue weighted by molar-refractivity contribution is 0.102. The first-order valence-corrected chi connectivity index (χ1v) is 8.66. The van der Waals surface area contributed by atoms with E-state index < -0.39 is 0 Å². The molecule has 3 nitrogen and oxygen atoms in total. The number of rotatable bonds is 2. The zero-order valence-corrected chi connectivity index (χ0v) is 14.1. The molecule has 124 valence electrons. The lowest BCUT2D eigenvalue weighted by Crippen LogP contribution is -2.13. The number of amides is 1. The summed E-state index contributed by atoms with van der Waals surface area (Å²) in [5.74, 6) is -0.189. The number of carbonyl (C=O) groups is 1. The number of anilines is 1. The molecule has 3 aromatic carbocycles. The molecule has 0 saturated heterocycles. The molecule has 5 rings (SSSR count). The summed E-state index contributed by atoms with van der Waals surface area (Å²) in [5, 5.41) is 4.01. The Balaban J connectivity index is 1.43. The fraction of sp³-hybridized carbons (Fsp3) is 0.0435. The maximum Gasteiger partial charge on any atom is 0.274 e. The highest BCUT2D eigenvalue weighted by Crippen LogP contribution is 2.37. The molecule has 1 aliphatic rings. The SMILES string of the molecule is O=C(Nc1ccc2c(c1)Cc1ccccc1-2)c1ccc2ccccc2n1. The minimum atomic E-state index is -0.189. The van der Waals surface area contributed by atoms with E-state index in [4.69, 9.17) is 0 Å². The van der Waals surface area contributed by atoms with Crippen LogP contribution in [0.15, 0.2) is 78.9 Å². The van der Waals surface area contributed by atoms with Crippen LogP contribution < -0.4 is 5.32 Å². The number of para-hydroxylation sites is 1. The number of carbonyl (C=O) groups excluding carboxylic acids is 1. The number of benzene rings is 3. The maximum atomic E-state index is 12.6. The Morgan fingerprint density at radius 2 is 1.62 bits per heavy atom. The average molecular weight is 336 g/mol. The molecule has 1 aliphatic carbocycles. The molecule has 0 atom stereocenters. The van der Waals surface area contributed by atoms with Crippen molar-refractivity contribution < 1.29 is 4.79 Å². The van der Waals surface area contributed by atoms with Gasteiger partial charge in [0.25, 0.3) is 5.91 Å². The van der Waals surface area contributed by atoms with E-state index in [1.165, 1.54) is 22.3 Å². The number of pyridine rings is 1. The molecule has 0 fully saturated rings. The molecule has 1 aromatic heterocycles. The predicted molar refractivity (Wildman–Crippen MR) is 104 cm³/mol. The topological polar surface area (TPSA) is 42.0 Å². The van der Waals surface area contributed by atoms with Crippen molar-refractivity contribution in [1.29, 1.82) is 0 Å². The van der Waals surface area contributed by atoms with Crippen molar-refractivity contribution >= 4 is 22.5 Å². The van der Waals surface area contributed by atoms with Crippen molar-refractivity contribution in [3.05, 3.63) is 95.7 Å². The number of hydrogen-bond donors (Lipinski definition) is 1. The maximum absolute atomic E-state index is 12.6. The second-order valence-electron chi connectivity index (χ2n) is 6.55. The van der Waals surface area contributed by atoms with Gasteiger partial charge in [-0.15, -0.1) is 0 Å². The van der Waals surface area contributed by atoms with Crippen molar-refractivity contribution in [3.8, 4) is 11.1 Å². The lowest BCUT2D eigenvalue weighted by atomic mass is 10.1. The summed E-state index contributed by atoms with van der Waals surface area (Å²) in [6, 6.07) is 26.0. The number of fused-ring (bicyclic) bond motifs is 4. The Hall–Kier alpha value is -3.46. The molecule has 26 heavy (non-hydrogen) atoms. The van der Waals surface area contributed by atoms with Crippen LogP contribution in [0.5, 0.6) is 0 Å². The van der Waals surface area contributed by atoms with Crippen molar-refractivity contribution in [1.82, 2.24) is 4.98 Å². The van der Waals surface area contributed by atoms with E-state index in [1.54, 1.807) is 6.07 Å². The predicted octanol–water partition coefficient (Wildman–Crippen LogP) is 5.06. The molecule has 0 spiro atoms. The third-order valence-electron chi connectivity index (χ3n) is 4.88. The Kier molecular flexibility index (Phi) is 3.32. The van der Waals surface area contributed by atoms with Crippen LogP contribution in [0.3, 0.4) is 0 Å². The third-order valence-corrected chi connectivity index (χ3v) is 4.88. The van der Waals surface area contributed by atoms with Crippen LogP contribution in [-0.4, -0.2) is 10.9 Å². The molecule has 1 N–H and O–H groups in total. The minimum Gasteiger partial charge on any atom is -0.321 e. The first-order chi connectivity index (χ1) is 12.8. The highest BCUT2D eigenvalue weighted by atomic mass is 16.1. The summed E-state index contributed by atoms with van der Waals surface area (Å²) >= 11 is 0. The van der Waals surface area contributed by atoms with E-state index in [9.17, 15) is 4.79 Å². The van der Waals surface area contributed by atoms with E-state index in [2.05, 4.69) is 46.7 Å². The molecular weight excluding hydrogens is 320 g/mol. The smallest absolute Gasteiger partial charge is 0.274 e. The molecule has 0 radical (unpaired) electrons. The number of hydrogen-bond acceptors (Lipinski definition) is 2. The molecule has 1 heterocycles. The van der Waals surface area contributed by atoms with E-state index in [1.807, 2.05) is 36.4 Å². The highest BCUT2D eigenvalue weighted by molar-refractivity contribution is 6.04. The number of nitrogens with one attached hydrogen (secondary N) is 1. The normalized spacial score (nSPS) is 11.8. The molecule has 0 saturated carbocycles. The van der Waals surface area contributed by atoms with Gasteiger partial charge in [0.1, 0.15) is 5.69 Å². The largest absolute Gasteiger partial charge is 0.321 e. The van der Waals surface area contributed by atoms with Gasteiger partial charge in [0.05, 0.1) is 5.52 Å². The van der Waals surface area contributed by atoms with Gasteiger partial charge < -0.3 is 5.32 Å². The van der Waals surface area contributed by atoms with Crippen LogP contribution >= 0.6 is 0 Å². The van der Waals surface area contributed by atoms with Gasteiger partial charge in [-0.1, -0.05) is 54.6 Å². The summed E-state index contributed by atoms with van der Waals surface area (Å²) in [6.45, 7) is 0. The van der Waals surface area contributed by atoms with Gasteiger partial charge in [0.2, 0.25) is 0 Å². The summed E-state index contributed by atoms with van der Waals surface area (Å²) in [6.07, 6.45) is 0.906. The Labute approximate surface area is 151 Å². The summed E-state index contributed by atoms with van der Waals surface area (Å²) in [7, 11) is 0. The third kappa shape index (κ3) is 2.45. The highest BCUT2D eigenvalue weighted by Gasteiger charge is 2.18. The zero-order valence-electron chi connectivity index (χ0n) is 14.1. The zero-order chi connectivity index (χ0) is 17.5. The molecule has 0 unspecified atom stereocenters. The fourth-order valence-electron chi connectivity index (χ4n) is 3.61. The van der Waals surface area contributed by atoms with Crippen LogP contribution in [0.4, 0.5) is 5.69 Å². The average Bonchev–Trinajstić information content (AvgIpc) is 3.05. The van der Waals surface area contributed by atoms with Crippen LogP contribution in [0.1, 0.15) is 21.6 Å². The Bertz CT molecular complexity index is 1160. The van der Waals surface area contributed by atoms with Crippen molar-refractivity contribution in [2.24, 2.45) is 0 Å². The van der Waals surface area contributed by atoms with E-state index >= 15 is 0 Å². The summed E-state index contributed by atoms with van der Waals surface area (Å²) < 4.78 is 0. The summed E-state index contributed by atoms with van der Waals surface area (Å²) in [5.41, 5.74) is 7.17. The summed E-state index contributed by atoms with van der Waals surface area (Å²) in [4.78, 5) is 17.1. The number of nitrogens with zero attached hydrogens (tertiary/aromatic N) is 1. The second kappa shape index (κ2) is 5.81. The minimum absolute atomic E-state index is 0.189. The molecular formula is C23H16N2O. The van der Waals surface area contributed by atoms with E-state index in [0.717, 1.165) is 23.0 Å². The standard InChI is InChI=1S/C23H16N2O/c26-23(22-12-9-15-5-2-4-8-21(15)25-22)24-18-10-11-20-17(14-18)13-16-6-1-3-7-19(16)20/h1-12,14H,13H2,(H,24,26). The number of aromatic nitrogens is 1. The Morgan fingerprint density at radius 3 is 2.58 bits per heavy atom. The molecule has 0 aliphatic heterocycles. The monoisotopic (exact) mass is 336 g/mol. The van der Waals surface area contributed by atoms with Crippen LogP contribution in [0, 0.1) is 0 Å². The van der Waals surface area contributed by atoms with Crippen LogP contribution in [0.25, 0.3) is 22.0 Å².